The van der Waals surface area contributed by atoms with E-state index in [1.807, 2.05) is 24.3 Å². The highest BCUT2D eigenvalue weighted by atomic mass is 16.5. The molecule has 2 rings (SSSR count). The van der Waals surface area contributed by atoms with Gasteiger partial charge in [0.15, 0.2) is 0 Å². The average Bonchev–Trinajstić information content (AvgIpc) is 2.62. The van der Waals surface area contributed by atoms with Crippen molar-refractivity contribution in [3.05, 3.63) is 24.3 Å². The molecule has 1 unspecified atom stereocenters. The van der Waals surface area contributed by atoms with Crippen molar-refractivity contribution in [1.29, 1.82) is 0 Å². The van der Waals surface area contributed by atoms with E-state index in [0.717, 1.165) is 24.4 Å². The molecule has 20 heavy (non-hydrogen) atoms. The number of carbonyl (C=O) groups is 1. The lowest BCUT2D eigenvalue weighted by Crippen LogP contribution is -2.55. The van der Waals surface area contributed by atoms with Gasteiger partial charge in [-0.25, -0.2) is 4.79 Å². The van der Waals surface area contributed by atoms with Crippen molar-refractivity contribution in [3.8, 4) is 5.75 Å². The number of para-hydroxylation sites is 2. The molecule has 2 N–H and O–H groups in total. The Balaban J connectivity index is 2.18. The van der Waals surface area contributed by atoms with Crippen LogP contribution >= 0.6 is 0 Å². The SMILES string of the molecule is CCOC(=O)C(C)(N)CN1CCCOc2ccccc21. The summed E-state index contributed by atoms with van der Waals surface area (Å²) in [6, 6.07) is 7.82. The van der Waals surface area contributed by atoms with Gasteiger partial charge in [-0.15, -0.1) is 0 Å². The summed E-state index contributed by atoms with van der Waals surface area (Å²) in [5.74, 6) is 0.465. The Kier molecular flexibility index (Phi) is 4.49. The van der Waals surface area contributed by atoms with Crippen LogP contribution in [0.25, 0.3) is 0 Å². The van der Waals surface area contributed by atoms with Crippen molar-refractivity contribution >= 4 is 11.7 Å². The number of fused-ring (bicyclic) bond motifs is 1. The van der Waals surface area contributed by atoms with Crippen LogP contribution in [0.1, 0.15) is 20.3 Å². The predicted octanol–water partition coefficient (Wildman–Crippen LogP) is 1.56. The molecule has 1 aliphatic rings. The molecule has 0 amide bonds. The van der Waals surface area contributed by atoms with Crippen molar-refractivity contribution in [2.75, 3.05) is 31.2 Å². The first kappa shape index (κ1) is 14.7. The maximum atomic E-state index is 11.9. The van der Waals surface area contributed by atoms with Crippen LogP contribution in [-0.4, -0.2) is 37.8 Å². The Morgan fingerprint density at radius 3 is 3.00 bits per heavy atom. The molecule has 110 valence electrons. The Morgan fingerprint density at radius 1 is 1.50 bits per heavy atom. The highest BCUT2D eigenvalue weighted by Crippen LogP contribution is 2.31. The van der Waals surface area contributed by atoms with Gasteiger partial charge < -0.3 is 20.1 Å². The summed E-state index contributed by atoms with van der Waals surface area (Å²) in [4.78, 5) is 14.0. The fourth-order valence-corrected chi connectivity index (χ4v) is 2.32. The number of nitrogens with two attached hydrogens (primary N) is 1. The molecule has 0 bridgehead atoms. The Hall–Kier alpha value is -1.75. The molecular formula is C15H22N2O3. The fourth-order valence-electron chi connectivity index (χ4n) is 2.32. The minimum Gasteiger partial charge on any atom is -0.491 e. The van der Waals surface area contributed by atoms with Gasteiger partial charge in [0.05, 0.1) is 18.9 Å². The van der Waals surface area contributed by atoms with E-state index in [0.29, 0.717) is 19.8 Å². The molecule has 0 aromatic heterocycles. The van der Waals surface area contributed by atoms with E-state index in [2.05, 4.69) is 4.90 Å². The van der Waals surface area contributed by atoms with Gasteiger partial charge in [-0.1, -0.05) is 12.1 Å². The number of nitrogens with zero attached hydrogens (tertiary/aromatic N) is 1. The van der Waals surface area contributed by atoms with Crippen LogP contribution in [-0.2, 0) is 9.53 Å². The van der Waals surface area contributed by atoms with Crippen LogP contribution < -0.4 is 15.4 Å². The van der Waals surface area contributed by atoms with E-state index in [4.69, 9.17) is 15.2 Å². The number of anilines is 1. The van der Waals surface area contributed by atoms with Crippen LogP contribution in [0.4, 0.5) is 5.69 Å². The second kappa shape index (κ2) is 6.13. The van der Waals surface area contributed by atoms with Crippen LogP contribution in [0, 0.1) is 0 Å². The van der Waals surface area contributed by atoms with Crippen LogP contribution in [0.15, 0.2) is 24.3 Å². The fraction of sp³-hybridized carbons (Fsp3) is 0.533. The quantitative estimate of drug-likeness (QED) is 0.847. The summed E-state index contributed by atoms with van der Waals surface area (Å²) < 4.78 is 10.7. The maximum absolute atomic E-state index is 11.9. The van der Waals surface area contributed by atoms with Crippen molar-refractivity contribution in [3.63, 3.8) is 0 Å². The van der Waals surface area contributed by atoms with Crippen LogP contribution in [0.5, 0.6) is 5.75 Å². The summed E-state index contributed by atoms with van der Waals surface area (Å²) in [7, 11) is 0. The molecule has 5 nitrogen and oxygen atoms in total. The third-order valence-electron chi connectivity index (χ3n) is 3.30. The van der Waals surface area contributed by atoms with E-state index < -0.39 is 5.54 Å². The maximum Gasteiger partial charge on any atom is 0.327 e. The number of carbonyl (C=O) groups excluding carboxylic acids is 1. The average molecular weight is 278 g/mol. The number of esters is 1. The van der Waals surface area contributed by atoms with Crippen molar-refractivity contribution in [1.82, 2.24) is 0 Å². The summed E-state index contributed by atoms with van der Waals surface area (Å²) >= 11 is 0. The Labute approximate surface area is 119 Å². The zero-order valence-electron chi connectivity index (χ0n) is 12.1. The normalized spacial score (nSPS) is 17.4. The molecular weight excluding hydrogens is 256 g/mol. The second-order valence-electron chi connectivity index (χ2n) is 5.23. The standard InChI is InChI=1S/C15H22N2O3/c1-3-19-14(18)15(2,16)11-17-9-6-10-20-13-8-5-4-7-12(13)17/h4-5,7-8H,3,6,9-11,16H2,1-2H3. The van der Waals surface area contributed by atoms with Crippen molar-refractivity contribution < 1.29 is 14.3 Å². The molecule has 0 fully saturated rings. The number of hydrogen-bond donors (Lipinski definition) is 1. The first-order chi connectivity index (χ1) is 9.54. The minimum atomic E-state index is -1.03. The molecule has 5 heteroatoms. The van der Waals surface area contributed by atoms with Gasteiger partial charge >= 0.3 is 5.97 Å². The molecule has 0 saturated heterocycles. The first-order valence-corrected chi connectivity index (χ1v) is 6.97. The van der Waals surface area contributed by atoms with Crippen molar-refractivity contribution in [2.45, 2.75) is 25.8 Å². The smallest absolute Gasteiger partial charge is 0.327 e. The van der Waals surface area contributed by atoms with E-state index >= 15 is 0 Å². The first-order valence-electron chi connectivity index (χ1n) is 6.97. The molecule has 1 heterocycles. The Morgan fingerprint density at radius 2 is 2.25 bits per heavy atom. The predicted molar refractivity (Wildman–Crippen MR) is 78.0 cm³/mol. The third kappa shape index (κ3) is 3.22. The number of benzene rings is 1. The van der Waals surface area contributed by atoms with Crippen LogP contribution in [0.2, 0.25) is 0 Å². The van der Waals surface area contributed by atoms with Gasteiger partial charge in [-0.2, -0.15) is 0 Å². The monoisotopic (exact) mass is 278 g/mol. The molecule has 0 radical (unpaired) electrons. The lowest BCUT2D eigenvalue weighted by molar-refractivity contribution is -0.148. The topological polar surface area (TPSA) is 64.8 Å². The molecule has 0 spiro atoms. The lowest BCUT2D eigenvalue weighted by atomic mass is 10.0. The van der Waals surface area contributed by atoms with Gasteiger partial charge in [0.2, 0.25) is 0 Å². The van der Waals surface area contributed by atoms with Gasteiger partial charge in [-0.05, 0) is 32.4 Å². The summed E-state index contributed by atoms with van der Waals surface area (Å²) in [5.41, 5.74) is 6.07. The van der Waals surface area contributed by atoms with E-state index in [1.165, 1.54) is 0 Å². The lowest BCUT2D eigenvalue weighted by Gasteiger charge is -2.31. The minimum absolute atomic E-state index is 0.339. The molecule has 1 aromatic carbocycles. The molecule has 0 saturated carbocycles. The summed E-state index contributed by atoms with van der Waals surface area (Å²) in [5, 5.41) is 0. The highest BCUT2D eigenvalue weighted by molar-refractivity contribution is 5.81. The zero-order valence-corrected chi connectivity index (χ0v) is 12.1. The third-order valence-corrected chi connectivity index (χ3v) is 3.30. The molecule has 1 aromatic rings. The molecule has 1 aliphatic heterocycles. The van der Waals surface area contributed by atoms with Crippen molar-refractivity contribution in [2.24, 2.45) is 5.73 Å². The van der Waals surface area contributed by atoms with Crippen LogP contribution in [0.3, 0.4) is 0 Å². The van der Waals surface area contributed by atoms with Gasteiger partial charge in [0.1, 0.15) is 11.3 Å². The summed E-state index contributed by atoms with van der Waals surface area (Å²) in [6.45, 7) is 5.72. The second-order valence-corrected chi connectivity index (χ2v) is 5.23. The zero-order chi connectivity index (χ0) is 14.6. The Bertz CT molecular complexity index is 474. The molecule has 0 aliphatic carbocycles. The van der Waals surface area contributed by atoms with E-state index in [-0.39, 0.29) is 5.97 Å². The number of rotatable bonds is 4. The van der Waals surface area contributed by atoms with Gasteiger partial charge in [0.25, 0.3) is 0 Å². The number of ether oxygens (including phenoxy) is 2. The molecule has 1 atom stereocenters. The van der Waals surface area contributed by atoms with Gasteiger partial charge in [-0.3, -0.25) is 0 Å². The van der Waals surface area contributed by atoms with E-state index in [1.54, 1.807) is 13.8 Å². The summed E-state index contributed by atoms with van der Waals surface area (Å²) in [6.07, 6.45) is 0.896. The number of hydrogen-bond acceptors (Lipinski definition) is 5. The highest BCUT2D eigenvalue weighted by Gasteiger charge is 2.33. The van der Waals surface area contributed by atoms with Gasteiger partial charge in [0, 0.05) is 13.1 Å². The largest absolute Gasteiger partial charge is 0.491 e. The van der Waals surface area contributed by atoms with E-state index in [9.17, 15) is 4.79 Å².